The molecule has 7 aromatic carbocycles. The Kier molecular flexibility index (Phi) is 7.14. The molecular formula is C52H40N4. The Hall–Kier alpha value is -6.91. The molecule has 56 heavy (non-hydrogen) atoms. The molecule has 0 amide bonds. The van der Waals surface area contributed by atoms with Gasteiger partial charge in [-0.2, -0.15) is 0 Å². The molecule has 11 rings (SSSR count). The molecule has 0 fully saturated rings. The van der Waals surface area contributed by atoms with Crippen molar-refractivity contribution in [2.45, 2.75) is 19.3 Å². The lowest BCUT2D eigenvalue weighted by atomic mass is 9.67. The van der Waals surface area contributed by atoms with Gasteiger partial charge in [-0.25, -0.2) is 4.98 Å². The van der Waals surface area contributed by atoms with E-state index in [9.17, 15) is 0 Å². The number of hydrogen-bond acceptors (Lipinski definition) is 3. The van der Waals surface area contributed by atoms with E-state index in [1.807, 2.05) is 6.20 Å². The highest BCUT2D eigenvalue weighted by molar-refractivity contribution is 6.09. The molecule has 0 radical (unpaired) electrons. The summed E-state index contributed by atoms with van der Waals surface area (Å²) in [6.45, 7) is 5.19. The Morgan fingerprint density at radius 2 is 1.18 bits per heavy atom. The van der Waals surface area contributed by atoms with E-state index in [0.29, 0.717) is 0 Å². The number of hydrogen-bond donors (Lipinski definition) is 0. The van der Waals surface area contributed by atoms with Crippen molar-refractivity contribution in [1.29, 1.82) is 0 Å². The Morgan fingerprint density at radius 1 is 0.536 bits per heavy atom. The van der Waals surface area contributed by atoms with Gasteiger partial charge in [0.15, 0.2) is 0 Å². The molecule has 1 aliphatic carbocycles. The van der Waals surface area contributed by atoms with Gasteiger partial charge in [0, 0.05) is 29.7 Å². The van der Waals surface area contributed by atoms with Crippen LogP contribution < -0.4 is 9.80 Å². The number of para-hydroxylation sites is 3. The van der Waals surface area contributed by atoms with Crippen LogP contribution in [-0.2, 0) is 5.41 Å². The van der Waals surface area contributed by atoms with Crippen molar-refractivity contribution in [3.05, 3.63) is 209 Å². The van der Waals surface area contributed by atoms with Crippen molar-refractivity contribution < 1.29 is 0 Å². The molecule has 0 spiro atoms. The number of fused-ring (bicyclic) bond motifs is 7. The predicted octanol–water partition coefficient (Wildman–Crippen LogP) is 12.4. The Labute approximate surface area is 327 Å². The van der Waals surface area contributed by atoms with E-state index in [1.165, 1.54) is 83.5 Å². The Morgan fingerprint density at radius 3 is 1.96 bits per heavy atom. The van der Waals surface area contributed by atoms with E-state index < -0.39 is 5.41 Å². The van der Waals surface area contributed by atoms with Crippen molar-refractivity contribution in [1.82, 2.24) is 9.55 Å². The molecule has 2 aliphatic rings. The van der Waals surface area contributed by atoms with Gasteiger partial charge in [0.25, 0.3) is 0 Å². The van der Waals surface area contributed by atoms with Crippen molar-refractivity contribution in [3.8, 4) is 28.1 Å². The number of aromatic nitrogens is 2. The third-order valence-electron chi connectivity index (χ3n) is 12.3. The maximum atomic E-state index is 5.08. The normalized spacial score (nSPS) is 14.0. The first kappa shape index (κ1) is 32.5. The van der Waals surface area contributed by atoms with Crippen LogP contribution in [0.2, 0.25) is 0 Å². The molecule has 0 atom stereocenters. The van der Waals surface area contributed by atoms with Gasteiger partial charge in [0.2, 0.25) is 0 Å². The van der Waals surface area contributed by atoms with E-state index in [4.69, 9.17) is 4.98 Å². The van der Waals surface area contributed by atoms with E-state index in [2.05, 4.69) is 205 Å². The quantitative estimate of drug-likeness (QED) is 0.177. The lowest BCUT2D eigenvalue weighted by Gasteiger charge is -2.35. The topological polar surface area (TPSA) is 24.3 Å². The summed E-state index contributed by atoms with van der Waals surface area (Å²) in [7, 11) is 2.18. The molecule has 0 saturated carbocycles. The van der Waals surface area contributed by atoms with Gasteiger partial charge < -0.3 is 9.80 Å². The number of nitrogens with zero attached hydrogens (tertiary/aromatic N) is 4. The zero-order valence-corrected chi connectivity index (χ0v) is 31.7. The van der Waals surface area contributed by atoms with E-state index >= 15 is 0 Å². The van der Waals surface area contributed by atoms with Gasteiger partial charge in [-0.3, -0.25) is 4.57 Å². The van der Waals surface area contributed by atoms with Gasteiger partial charge in [-0.15, -0.1) is 0 Å². The molecule has 3 heterocycles. The lowest BCUT2D eigenvalue weighted by Crippen LogP contribution is -2.29. The summed E-state index contributed by atoms with van der Waals surface area (Å²) < 4.78 is 2.37. The molecular weight excluding hydrogens is 681 g/mol. The average molecular weight is 721 g/mol. The summed E-state index contributed by atoms with van der Waals surface area (Å²) >= 11 is 0. The first-order chi connectivity index (χ1) is 27.5. The fraction of sp³-hybridized carbons (Fsp3) is 0.0962. The fourth-order valence-corrected chi connectivity index (χ4v) is 9.95. The maximum absolute atomic E-state index is 5.08. The standard InChI is InChI=1S/C52H40N4/c1-34-14-12-15-35(2)51(34)36-28-29-53-50(30-36)56-46-23-9-6-20-42(46)43-27-26-38(32-49(43)56)52(44-21-7-4-18-40(44)41-19-5-8-22-45(41)52)37-16-13-17-39(31-37)55-33-54(3)47-24-10-11-25-48(47)55/h4-32H,33H2,1-3H3. The minimum Gasteiger partial charge on any atom is -0.355 e. The summed E-state index contributed by atoms with van der Waals surface area (Å²) in [5.41, 5.74) is 18.0. The first-order valence-electron chi connectivity index (χ1n) is 19.5. The molecule has 9 aromatic rings. The monoisotopic (exact) mass is 720 g/mol. The average Bonchev–Trinajstić information content (AvgIpc) is 3.87. The van der Waals surface area contributed by atoms with Crippen molar-refractivity contribution in [2.24, 2.45) is 0 Å². The second-order valence-corrected chi connectivity index (χ2v) is 15.4. The van der Waals surface area contributed by atoms with Crippen LogP contribution in [-0.4, -0.2) is 23.3 Å². The van der Waals surface area contributed by atoms with E-state index in [1.54, 1.807) is 0 Å². The highest BCUT2D eigenvalue weighted by Crippen LogP contribution is 2.57. The molecule has 268 valence electrons. The van der Waals surface area contributed by atoms with Crippen molar-refractivity contribution in [3.63, 3.8) is 0 Å². The predicted molar refractivity (Wildman–Crippen MR) is 233 cm³/mol. The van der Waals surface area contributed by atoms with Crippen molar-refractivity contribution >= 4 is 38.9 Å². The second-order valence-electron chi connectivity index (χ2n) is 15.4. The molecule has 0 N–H and O–H groups in total. The number of pyridine rings is 1. The highest BCUT2D eigenvalue weighted by atomic mass is 15.4. The summed E-state index contributed by atoms with van der Waals surface area (Å²) in [5, 5.41) is 2.43. The van der Waals surface area contributed by atoms with Gasteiger partial charge in [0.1, 0.15) is 5.82 Å². The minimum absolute atomic E-state index is 0.572. The summed E-state index contributed by atoms with van der Waals surface area (Å²) in [6, 6.07) is 62.9. The summed E-state index contributed by atoms with van der Waals surface area (Å²) in [6.07, 6.45) is 1.96. The maximum Gasteiger partial charge on any atom is 0.138 e. The van der Waals surface area contributed by atoms with Crippen LogP contribution in [0.1, 0.15) is 33.4 Å². The molecule has 0 bridgehead atoms. The van der Waals surface area contributed by atoms with Crippen LogP contribution in [0.25, 0.3) is 49.9 Å². The molecule has 2 aromatic heterocycles. The largest absolute Gasteiger partial charge is 0.355 e. The molecule has 1 aliphatic heterocycles. The van der Waals surface area contributed by atoms with Crippen LogP contribution in [0.3, 0.4) is 0 Å². The minimum atomic E-state index is -0.572. The van der Waals surface area contributed by atoms with E-state index in [-0.39, 0.29) is 0 Å². The Balaban J connectivity index is 1.19. The number of aryl methyl sites for hydroxylation is 2. The smallest absolute Gasteiger partial charge is 0.138 e. The molecule has 0 unspecified atom stereocenters. The Bertz CT molecular complexity index is 2960. The SMILES string of the molecule is Cc1cccc(C)c1-c1ccnc(-n2c3ccccc3c3ccc(C4(c5cccc(N6CN(C)c7ccccc76)c5)c5ccccc5-c5ccccc54)cc32)c1. The summed E-state index contributed by atoms with van der Waals surface area (Å²) in [5.74, 6) is 0.911. The van der Waals surface area contributed by atoms with Gasteiger partial charge >= 0.3 is 0 Å². The first-order valence-corrected chi connectivity index (χ1v) is 19.5. The van der Waals surface area contributed by atoms with Crippen LogP contribution in [0.4, 0.5) is 17.1 Å². The highest BCUT2D eigenvalue weighted by Gasteiger charge is 2.46. The van der Waals surface area contributed by atoms with Crippen LogP contribution >= 0.6 is 0 Å². The fourth-order valence-electron chi connectivity index (χ4n) is 9.95. The molecule has 0 saturated heterocycles. The third kappa shape index (κ3) is 4.56. The number of benzene rings is 7. The third-order valence-corrected chi connectivity index (χ3v) is 12.3. The van der Waals surface area contributed by atoms with Crippen LogP contribution in [0.15, 0.2) is 176 Å². The van der Waals surface area contributed by atoms with E-state index in [0.717, 1.165) is 23.5 Å². The van der Waals surface area contributed by atoms with Gasteiger partial charge in [-0.05, 0) is 118 Å². The van der Waals surface area contributed by atoms with Crippen molar-refractivity contribution in [2.75, 3.05) is 23.5 Å². The zero-order chi connectivity index (χ0) is 37.5. The number of anilines is 3. The van der Waals surface area contributed by atoms with Crippen LogP contribution in [0.5, 0.6) is 0 Å². The number of rotatable bonds is 5. The van der Waals surface area contributed by atoms with Gasteiger partial charge in [-0.1, -0.05) is 121 Å². The summed E-state index contributed by atoms with van der Waals surface area (Å²) in [4.78, 5) is 9.84. The molecule has 4 heteroatoms. The van der Waals surface area contributed by atoms with Crippen LogP contribution in [0, 0.1) is 13.8 Å². The second kappa shape index (κ2) is 12.3. The lowest BCUT2D eigenvalue weighted by molar-refractivity contribution is 0.768. The molecule has 4 nitrogen and oxygen atoms in total. The van der Waals surface area contributed by atoms with Gasteiger partial charge in [0.05, 0.1) is 34.5 Å². The zero-order valence-electron chi connectivity index (χ0n) is 31.7.